The minimum Gasteiger partial charge on any atom is -0.334 e. The van der Waals surface area contributed by atoms with Gasteiger partial charge in [0.2, 0.25) is 0 Å². The topological polar surface area (TPSA) is 63.8 Å². The first kappa shape index (κ1) is 11.3. The Morgan fingerprint density at radius 1 is 1.33 bits per heavy atom. The quantitative estimate of drug-likeness (QED) is 0.877. The summed E-state index contributed by atoms with van der Waals surface area (Å²) in [6, 6.07) is 4.13. The minimum absolute atomic E-state index is 0.231. The lowest BCUT2D eigenvalue weighted by atomic mass is 10.0. The Morgan fingerprint density at radius 2 is 2.28 bits per heavy atom. The van der Waals surface area contributed by atoms with E-state index < -0.39 is 0 Å². The van der Waals surface area contributed by atoms with Gasteiger partial charge in [0.1, 0.15) is 0 Å². The van der Waals surface area contributed by atoms with Crippen molar-refractivity contribution in [3.63, 3.8) is 0 Å². The van der Waals surface area contributed by atoms with E-state index in [0.29, 0.717) is 5.89 Å². The van der Waals surface area contributed by atoms with Gasteiger partial charge in [-0.1, -0.05) is 11.6 Å². The van der Waals surface area contributed by atoms with Gasteiger partial charge in [0, 0.05) is 11.9 Å². The smallest absolute Gasteiger partial charge is 0.259 e. The summed E-state index contributed by atoms with van der Waals surface area (Å²) in [7, 11) is 0. The van der Waals surface area contributed by atoms with Crippen LogP contribution in [0.2, 0.25) is 0 Å². The number of nitrogens with zero attached hydrogens (tertiary/aromatic N) is 3. The van der Waals surface area contributed by atoms with E-state index >= 15 is 0 Å². The van der Waals surface area contributed by atoms with Gasteiger partial charge in [-0.15, -0.1) is 0 Å². The Bertz CT molecular complexity index is 514. The number of aryl methyl sites for hydroxylation is 1. The largest absolute Gasteiger partial charge is 0.334 e. The Morgan fingerprint density at radius 3 is 3.00 bits per heavy atom. The molecule has 0 radical (unpaired) electrons. The summed E-state index contributed by atoms with van der Waals surface area (Å²) in [6.45, 7) is 2.98. The van der Waals surface area contributed by atoms with Crippen LogP contribution in [0.4, 0.5) is 0 Å². The van der Waals surface area contributed by atoms with Crippen molar-refractivity contribution in [1.29, 1.82) is 0 Å². The van der Waals surface area contributed by atoms with Gasteiger partial charge in [-0.25, -0.2) is 0 Å². The predicted molar refractivity (Wildman–Crippen MR) is 66.9 cm³/mol. The molecular formula is C13H16N4O. The highest BCUT2D eigenvalue weighted by molar-refractivity contribution is 5.50. The third-order valence-electron chi connectivity index (χ3n) is 3.22. The van der Waals surface area contributed by atoms with Crippen LogP contribution in [0.3, 0.4) is 0 Å². The molecule has 1 fully saturated rings. The Balaban J connectivity index is 1.82. The fourth-order valence-corrected chi connectivity index (χ4v) is 2.16. The summed E-state index contributed by atoms with van der Waals surface area (Å²) >= 11 is 0. The molecule has 3 heterocycles. The fourth-order valence-electron chi connectivity index (χ4n) is 2.16. The standard InChI is InChI=1S/C13H16N4O/c1-9-5-6-10(8-15-9)13-16-12(17-18-13)11-4-2-3-7-14-11/h5-6,8,11,14H,2-4,7H2,1H3. The van der Waals surface area contributed by atoms with Crippen LogP contribution in [-0.4, -0.2) is 21.7 Å². The molecule has 18 heavy (non-hydrogen) atoms. The molecule has 2 aromatic rings. The van der Waals surface area contributed by atoms with E-state index in [0.717, 1.165) is 30.0 Å². The highest BCUT2D eigenvalue weighted by Crippen LogP contribution is 2.23. The van der Waals surface area contributed by atoms with Crippen LogP contribution in [0.5, 0.6) is 0 Å². The molecule has 1 atom stereocenters. The van der Waals surface area contributed by atoms with Crippen LogP contribution in [0.25, 0.3) is 11.5 Å². The molecule has 1 N–H and O–H groups in total. The van der Waals surface area contributed by atoms with E-state index in [1.165, 1.54) is 12.8 Å². The second kappa shape index (κ2) is 4.86. The van der Waals surface area contributed by atoms with Crippen molar-refractivity contribution in [2.24, 2.45) is 0 Å². The zero-order chi connectivity index (χ0) is 12.4. The summed E-state index contributed by atoms with van der Waals surface area (Å²) in [5.74, 6) is 1.30. The zero-order valence-corrected chi connectivity index (χ0v) is 10.4. The van der Waals surface area contributed by atoms with E-state index in [1.807, 2.05) is 19.1 Å². The van der Waals surface area contributed by atoms with Gasteiger partial charge in [-0.2, -0.15) is 4.98 Å². The average Bonchev–Trinajstić information content (AvgIpc) is 2.90. The third kappa shape index (κ3) is 2.26. The molecule has 0 spiro atoms. The molecule has 0 bridgehead atoms. The number of hydrogen-bond acceptors (Lipinski definition) is 5. The first-order valence-corrected chi connectivity index (χ1v) is 6.33. The molecule has 0 amide bonds. The van der Waals surface area contributed by atoms with Crippen LogP contribution in [-0.2, 0) is 0 Å². The normalized spacial score (nSPS) is 19.9. The second-order valence-electron chi connectivity index (χ2n) is 4.65. The minimum atomic E-state index is 0.231. The fraction of sp³-hybridized carbons (Fsp3) is 0.462. The van der Waals surface area contributed by atoms with Gasteiger partial charge in [0.25, 0.3) is 5.89 Å². The molecule has 1 saturated heterocycles. The number of rotatable bonds is 2. The highest BCUT2D eigenvalue weighted by atomic mass is 16.5. The predicted octanol–water partition coefficient (Wildman–Crippen LogP) is 2.25. The van der Waals surface area contributed by atoms with Gasteiger partial charge in [0.05, 0.1) is 11.6 Å². The first-order valence-electron chi connectivity index (χ1n) is 6.33. The molecule has 2 aromatic heterocycles. The van der Waals surface area contributed by atoms with Gasteiger partial charge < -0.3 is 9.84 Å². The number of aromatic nitrogens is 3. The molecule has 94 valence electrons. The maximum atomic E-state index is 5.30. The van der Waals surface area contributed by atoms with E-state index in [9.17, 15) is 0 Å². The third-order valence-corrected chi connectivity index (χ3v) is 3.22. The van der Waals surface area contributed by atoms with Crippen LogP contribution in [0, 0.1) is 6.92 Å². The monoisotopic (exact) mass is 244 g/mol. The van der Waals surface area contributed by atoms with Crippen molar-refractivity contribution in [2.45, 2.75) is 32.2 Å². The van der Waals surface area contributed by atoms with Crippen molar-refractivity contribution >= 4 is 0 Å². The van der Waals surface area contributed by atoms with Crippen molar-refractivity contribution in [2.75, 3.05) is 6.54 Å². The van der Waals surface area contributed by atoms with Crippen LogP contribution in [0.15, 0.2) is 22.9 Å². The summed E-state index contributed by atoms with van der Waals surface area (Å²) in [5, 5.41) is 7.47. The van der Waals surface area contributed by atoms with E-state index in [1.54, 1.807) is 6.20 Å². The number of hydrogen-bond donors (Lipinski definition) is 1. The van der Waals surface area contributed by atoms with Crippen LogP contribution >= 0.6 is 0 Å². The number of piperidine rings is 1. The molecule has 1 aliphatic heterocycles. The highest BCUT2D eigenvalue weighted by Gasteiger charge is 2.20. The van der Waals surface area contributed by atoms with Crippen molar-refractivity contribution in [3.05, 3.63) is 29.8 Å². The Kier molecular flexibility index (Phi) is 3.06. The van der Waals surface area contributed by atoms with Crippen molar-refractivity contribution in [3.8, 4) is 11.5 Å². The van der Waals surface area contributed by atoms with Gasteiger partial charge in [0.15, 0.2) is 5.82 Å². The lowest BCUT2D eigenvalue weighted by molar-refractivity contribution is 0.367. The number of nitrogens with one attached hydrogen (secondary N) is 1. The van der Waals surface area contributed by atoms with Crippen LogP contribution < -0.4 is 5.32 Å². The molecule has 5 heteroatoms. The Labute approximate surface area is 106 Å². The molecule has 0 aromatic carbocycles. The molecule has 3 rings (SSSR count). The second-order valence-corrected chi connectivity index (χ2v) is 4.65. The SMILES string of the molecule is Cc1ccc(-c2nc(C3CCCCN3)no2)cn1. The maximum Gasteiger partial charge on any atom is 0.259 e. The van der Waals surface area contributed by atoms with E-state index in [2.05, 4.69) is 20.4 Å². The first-order chi connectivity index (χ1) is 8.83. The molecule has 1 aliphatic rings. The number of pyridine rings is 1. The van der Waals surface area contributed by atoms with E-state index in [-0.39, 0.29) is 6.04 Å². The van der Waals surface area contributed by atoms with E-state index in [4.69, 9.17) is 4.52 Å². The molecule has 5 nitrogen and oxygen atoms in total. The molecule has 0 aliphatic carbocycles. The van der Waals surface area contributed by atoms with Crippen molar-refractivity contribution < 1.29 is 4.52 Å². The van der Waals surface area contributed by atoms with Crippen LogP contribution in [0.1, 0.15) is 36.8 Å². The van der Waals surface area contributed by atoms with Gasteiger partial charge in [-0.3, -0.25) is 4.98 Å². The molecule has 0 saturated carbocycles. The summed E-state index contributed by atoms with van der Waals surface area (Å²) < 4.78 is 5.30. The average molecular weight is 244 g/mol. The molecular weight excluding hydrogens is 228 g/mol. The van der Waals surface area contributed by atoms with Gasteiger partial charge >= 0.3 is 0 Å². The lowest BCUT2D eigenvalue weighted by Gasteiger charge is -2.19. The summed E-state index contributed by atoms with van der Waals surface area (Å²) in [4.78, 5) is 8.69. The summed E-state index contributed by atoms with van der Waals surface area (Å²) in [6.07, 6.45) is 5.28. The van der Waals surface area contributed by atoms with Gasteiger partial charge in [-0.05, 0) is 38.4 Å². The zero-order valence-electron chi connectivity index (χ0n) is 10.4. The van der Waals surface area contributed by atoms with Crippen molar-refractivity contribution in [1.82, 2.24) is 20.4 Å². The maximum absolute atomic E-state index is 5.30. The lowest BCUT2D eigenvalue weighted by Crippen LogP contribution is -2.27. The molecule has 1 unspecified atom stereocenters. The Hall–Kier alpha value is -1.75. The summed E-state index contributed by atoms with van der Waals surface area (Å²) in [5.41, 5.74) is 1.85.